The summed E-state index contributed by atoms with van der Waals surface area (Å²) >= 11 is 0. The highest BCUT2D eigenvalue weighted by atomic mass is 16.3. The van der Waals surface area contributed by atoms with Gasteiger partial charge in [0.25, 0.3) is 0 Å². The molecule has 1 rings (SSSR count). The lowest BCUT2D eigenvalue weighted by atomic mass is 9.84. The molecule has 0 amide bonds. The van der Waals surface area contributed by atoms with Gasteiger partial charge in [0.15, 0.2) is 0 Å². The lowest BCUT2D eigenvalue weighted by Crippen LogP contribution is -2.43. The molecule has 1 heterocycles. The van der Waals surface area contributed by atoms with Gasteiger partial charge in [-0.25, -0.2) is 0 Å². The Balaban J connectivity index is 2.33. The summed E-state index contributed by atoms with van der Waals surface area (Å²) in [4.78, 5) is 2.58. The lowest BCUT2D eigenvalue weighted by molar-refractivity contribution is 0.134. The minimum Gasteiger partial charge on any atom is -0.396 e. The van der Waals surface area contributed by atoms with Crippen molar-refractivity contribution in [1.29, 1.82) is 0 Å². The topological polar surface area (TPSA) is 35.5 Å². The van der Waals surface area contributed by atoms with E-state index in [1.165, 1.54) is 38.9 Å². The van der Waals surface area contributed by atoms with Crippen LogP contribution in [-0.2, 0) is 0 Å². The molecule has 1 saturated heterocycles. The highest BCUT2D eigenvalue weighted by Gasteiger charge is 2.25. The lowest BCUT2D eigenvalue weighted by Gasteiger charge is -2.36. The summed E-state index contributed by atoms with van der Waals surface area (Å²) in [5.41, 5.74) is 0.328. The fraction of sp³-hybridized carbons (Fsp3) is 1.00. The van der Waals surface area contributed by atoms with Gasteiger partial charge in [0.2, 0.25) is 0 Å². The molecule has 0 aromatic rings. The number of nitrogens with zero attached hydrogens (tertiary/aromatic N) is 1. The second-order valence-corrected chi connectivity index (χ2v) is 6.82. The number of hydrogen-bond acceptors (Lipinski definition) is 3. The van der Waals surface area contributed by atoms with E-state index in [1.54, 1.807) is 0 Å². The molecule has 0 spiro atoms. The van der Waals surface area contributed by atoms with Crippen molar-refractivity contribution in [3.63, 3.8) is 0 Å². The first-order chi connectivity index (χ1) is 8.47. The standard InChI is InChI=1S/C15H32N2O/c1-15(2,3)14(16-4)7-10-17-9-5-6-13(12-17)8-11-18/h13-14,16,18H,5-12H2,1-4H3. The molecule has 2 N–H and O–H groups in total. The van der Waals surface area contributed by atoms with Crippen molar-refractivity contribution in [1.82, 2.24) is 10.2 Å². The molecule has 0 aromatic carbocycles. The molecule has 1 aliphatic rings. The monoisotopic (exact) mass is 256 g/mol. The molecule has 3 nitrogen and oxygen atoms in total. The quantitative estimate of drug-likeness (QED) is 0.764. The number of piperidine rings is 1. The molecule has 18 heavy (non-hydrogen) atoms. The Morgan fingerprint density at radius 2 is 2.11 bits per heavy atom. The molecular weight excluding hydrogens is 224 g/mol. The Bertz CT molecular complexity index is 223. The highest BCUT2D eigenvalue weighted by molar-refractivity contribution is 4.81. The van der Waals surface area contributed by atoms with Gasteiger partial charge in [-0.1, -0.05) is 20.8 Å². The van der Waals surface area contributed by atoms with Crippen LogP contribution in [0.4, 0.5) is 0 Å². The van der Waals surface area contributed by atoms with Crippen LogP contribution in [0.1, 0.15) is 46.5 Å². The highest BCUT2D eigenvalue weighted by Crippen LogP contribution is 2.24. The smallest absolute Gasteiger partial charge is 0.0434 e. The van der Waals surface area contributed by atoms with E-state index in [-0.39, 0.29) is 0 Å². The molecule has 2 atom stereocenters. The van der Waals surface area contributed by atoms with Gasteiger partial charge in [-0.2, -0.15) is 0 Å². The van der Waals surface area contributed by atoms with Gasteiger partial charge in [-0.15, -0.1) is 0 Å². The second-order valence-electron chi connectivity index (χ2n) is 6.82. The maximum Gasteiger partial charge on any atom is 0.0434 e. The van der Waals surface area contributed by atoms with E-state index in [9.17, 15) is 0 Å². The fourth-order valence-electron chi connectivity index (χ4n) is 3.09. The Hall–Kier alpha value is -0.120. The van der Waals surface area contributed by atoms with E-state index in [0.717, 1.165) is 6.42 Å². The molecule has 0 aliphatic carbocycles. The van der Waals surface area contributed by atoms with Gasteiger partial charge in [0.05, 0.1) is 0 Å². The van der Waals surface area contributed by atoms with Crippen LogP contribution in [0.3, 0.4) is 0 Å². The molecule has 3 heteroatoms. The summed E-state index contributed by atoms with van der Waals surface area (Å²) in [5, 5.41) is 12.5. The van der Waals surface area contributed by atoms with Crippen LogP contribution in [0.15, 0.2) is 0 Å². The second kappa shape index (κ2) is 7.46. The molecule has 108 valence electrons. The molecule has 0 radical (unpaired) electrons. The zero-order valence-electron chi connectivity index (χ0n) is 12.7. The van der Waals surface area contributed by atoms with Crippen molar-refractivity contribution in [2.75, 3.05) is 33.3 Å². The van der Waals surface area contributed by atoms with Gasteiger partial charge in [-0.05, 0) is 57.2 Å². The summed E-state index contributed by atoms with van der Waals surface area (Å²) in [5.74, 6) is 0.714. The van der Waals surface area contributed by atoms with Crippen LogP contribution in [0.25, 0.3) is 0 Å². The number of rotatable bonds is 6. The van der Waals surface area contributed by atoms with Gasteiger partial charge < -0.3 is 15.3 Å². The van der Waals surface area contributed by atoms with E-state index in [2.05, 4.69) is 38.0 Å². The average Bonchev–Trinajstić information content (AvgIpc) is 2.29. The SMILES string of the molecule is CNC(CCN1CCCC(CCO)C1)C(C)(C)C. The summed E-state index contributed by atoms with van der Waals surface area (Å²) in [6.45, 7) is 10.9. The summed E-state index contributed by atoms with van der Waals surface area (Å²) in [6.07, 6.45) is 4.78. The summed E-state index contributed by atoms with van der Waals surface area (Å²) in [6, 6.07) is 0.579. The zero-order valence-corrected chi connectivity index (χ0v) is 12.7. The van der Waals surface area contributed by atoms with E-state index in [1.807, 2.05) is 0 Å². The van der Waals surface area contributed by atoms with Crippen LogP contribution in [-0.4, -0.2) is 49.3 Å². The van der Waals surface area contributed by atoms with E-state index < -0.39 is 0 Å². The third-order valence-corrected chi connectivity index (χ3v) is 4.27. The first-order valence-electron chi connectivity index (χ1n) is 7.48. The Labute approximate surface area is 113 Å². The van der Waals surface area contributed by atoms with Crippen LogP contribution in [0.5, 0.6) is 0 Å². The van der Waals surface area contributed by atoms with Gasteiger partial charge in [0, 0.05) is 19.2 Å². The van der Waals surface area contributed by atoms with Crippen LogP contribution >= 0.6 is 0 Å². The van der Waals surface area contributed by atoms with Crippen molar-refractivity contribution >= 4 is 0 Å². The van der Waals surface area contributed by atoms with Crippen molar-refractivity contribution in [2.45, 2.75) is 52.5 Å². The number of likely N-dealkylation sites (tertiary alicyclic amines) is 1. The minimum absolute atomic E-state index is 0.328. The normalized spacial score (nSPS) is 24.2. The van der Waals surface area contributed by atoms with Crippen LogP contribution in [0, 0.1) is 11.3 Å². The average molecular weight is 256 g/mol. The van der Waals surface area contributed by atoms with E-state index >= 15 is 0 Å². The fourth-order valence-corrected chi connectivity index (χ4v) is 3.09. The Kier molecular flexibility index (Phi) is 6.61. The van der Waals surface area contributed by atoms with Crippen molar-refractivity contribution in [3.05, 3.63) is 0 Å². The number of aliphatic hydroxyl groups is 1. The van der Waals surface area contributed by atoms with Crippen molar-refractivity contribution in [2.24, 2.45) is 11.3 Å². The number of aliphatic hydroxyl groups excluding tert-OH is 1. The van der Waals surface area contributed by atoms with Gasteiger partial charge >= 0.3 is 0 Å². The van der Waals surface area contributed by atoms with E-state index in [0.29, 0.717) is 24.0 Å². The molecule has 1 aliphatic heterocycles. The molecule has 0 bridgehead atoms. The molecular formula is C15H32N2O. The predicted molar refractivity (Wildman–Crippen MR) is 77.8 cm³/mol. The van der Waals surface area contributed by atoms with Crippen LogP contribution < -0.4 is 5.32 Å². The summed E-state index contributed by atoms with van der Waals surface area (Å²) < 4.78 is 0. The third kappa shape index (κ3) is 5.25. The summed E-state index contributed by atoms with van der Waals surface area (Å²) in [7, 11) is 2.07. The molecule has 0 aromatic heterocycles. The van der Waals surface area contributed by atoms with Crippen LogP contribution in [0.2, 0.25) is 0 Å². The first-order valence-corrected chi connectivity index (χ1v) is 7.48. The molecule has 2 unspecified atom stereocenters. The molecule has 1 fully saturated rings. The first kappa shape index (κ1) is 15.9. The van der Waals surface area contributed by atoms with Crippen molar-refractivity contribution < 1.29 is 5.11 Å². The van der Waals surface area contributed by atoms with Gasteiger partial charge in [-0.3, -0.25) is 0 Å². The largest absolute Gasteiger partial charge is 0.396 e. The predicted octanol–water partition coefficient (Wildman–Crippen LogP) is 2.10. The van der Waals surface area contributed by atoms with Crippen molar-refractivity contribution in [3.8, 4) is 0 Å². The third-order valence-electron chi connectivity index (χ3n) is 4.27. The Morgan fingerprint density at radius 1 is 1.39 bits per heavy atom. The maximum absolute atomic E-state index is 9.04. The van der Waals surface area contributed by atoms with E-state index in [4.69, 9.17) is 5.11 Å². The molecule has 0 saturated carbocycles. The minimum atomic E-state index is 0.328. The number of hydrogen-bond donors (Lipinski definition) is 2. The van der Waals surface area contributed by atoms with Gasteiger partial charge in [0.1, 0.15) is 0 Å². The number of nitrogens with one attached hydrogen (secondary N) is 1. The maximum atomic E-state index is 9.04. The Morgan fingerprint density at radius 3 is 2.67 bits per heavy atom. The zero-order chi connectivity index (χ0) is 13.6.